The van der Waals surface area contributed by atoms with Gasteiger partial charge in [0, 0.05) is 44.0 Å². The zero-order valence-electron chi connectivity index (χ0n) is 15.0. The first-order chi connectivity index (χ1) is 13.0. The van der Waals surface area contributed by atoms with Crippen LogP contribution in [-0.4, -0.2) is 40.7 Å². The molecular weight excluding hydrogens is 366 g/mol. The van der Waals surface area contributed by atoms with Gasteiger partial charge in [-0.05, 0) is 36.6 Å². The minimum absolute atomic E-state index is 0.0728. The zero-order chi connectivity index (χ0) is 19.0. The maximum absolute atomic E-state index is 12.8. The highest BCUT2D eigenvalue weighted by atomic mass is 35.5. The predicted octanol–water partition coefficient (Wildman–Crippen LogP) is 1.91. The van der Waals surface area contributed by atoms with Crippen molar-refractivity contribution in [2.24, 2.45) is 13.0 Å². The minimum atomic E-state index is -0.200. The molecule has 0 unspecified atom stereocenters. The molecule has 2 heterocycles. The van der Waals surface area contributed by atoms with Gasteiger partial charge in [-0.15, -0.1) is 0 Å². The molecule has 2 amide bonds. The number of carbonyl (C=O) groups is 2. The number of nitrogens with zero attached hydrogens (tertiary/aromatic N) is 2. The van der Waals surface area contributed by atoms with Gasteiger partial charge < -0.3 is 16.0 Å². The summed E-state index contributed by atoms with van der Waals surface area (Å²) in [6, 6.07) is 5.25. The number of rotatable bonds is 5. The first kappa shape index (κ1) is 18.0. The molecule has 1 aromatic carbocycles. The van der Waals surface area contributed by atoms with Gasteiger partial charge >= 0.3 is 0 Å². The number of nitrogens with one attached hydrogen (secondary N) is 3. The third-order valence-corrected chi connectivity index (χ3v) is 5.42. The van der Waals surface area contributed by atoms with Crippen molar-refractivity contribution in [1.82, 2.24) is 20.4 Å². The summed E-state index contributed by atoms with van der Waals surface area (Å²) in [7, 11) is 1.86. The normalized spacial score (nSPS) is 21.9. The van der Waals surface area contributed by atoms with Gasteiger partial charge in [-0.2, -0.15) is 5.10 Å². The molecule has 7 nitrogen and oxygen atoms in total. The Hall–Kier alpha value is -2.38. The number of carbonyl (C=O) groups excluding carboxylic acids is 2. The van der Waals surface area contributed by atoms with Crippen molar-refractivity contribution in [3.63, 3.8) is 0 Å². The Morgan fingerprint density at radius 3 is 2.81 bits per heavy atom. The van der Waals surface area contributed by atoms with Crippen LogP contribution in [0.1, 0.15) is 34.7 Å². The van der Waals surface area contributed by atoms with E-state index in [9.17, 15) is 9.59 Å². The standard InChI is InChI=1S/C19H22ClN5O2/c1-25-10-11(7-22-25)15-8-21-9-16(15)19(27)24-13-4-5-17(20)14(6-13)18(26)23-12-2-3-12/h4-7,10,12,15-16,21H,2-3,8-9H2,1H3,(H,23,26)(H,24,27)/t15-,16+/m1/s1. The highest BCUT2D eigenvalue weighted by Crippen LogP contribution is 2.29. The quantitative estimate of drug-likeness (QED) is 0.731. The SMILES string of the molecule is Cn1cc([C@H]2CNC[C@@H]2C(=O)Nc2ccc(Cl)c(C(=O)NC3CC3)c2)cn1. The lowest BCUT2D eigenvalue weighted by Crippen LogP contribution is -2.28. The second-order valence-electron chi connectivity index (χ2n) is 7.25. The first-order valence-electron chi connectivity index (χ1n) is 9.12. The molecule has 0 bridgehead atoms. The van der Waals surface area contributed by atoms with E-state index in [0.717, 1.165) is 24.9 Å². The zero-order valence-corrected chi connectivity index (χ0v) is 15.8. The van der Waals surface area contributed by atoms with Gasteiger partial charge in [0.15, 0.2) is 0 Å². The fourth-order valence-corrected chi connectivity index (χ4v) is 3.64. The van der Waals surface area contributed by atoms with Crippen molar-refractivity contribution < 1.29 is 9.59 Å². The molecule has 0 radical (unpaired) electrons. The summed E-state index contributed by atoms with van der Waals surface area (Å²) >= 11 is 6.17. The molecule has 1 aliphatic carbocycles. The summed E-state index contributed by atoms with van der Waals surface area (Å²) in [6.45, 7) is 1.34. The number of benzene rings is 1. The van der Waals surface area contributed by atoms with E-state index in [4.69, 9.17) is 11.6 Å². The maximum atomic E-state index is 12.8. The molecule has 1 saturated carbocycles. The van der Waals surface area contributed by atoms with Crippen molar-refractivity contribution in [3.05, 3.63) is 46.7 Å². The van der Waals surface area contributed by atoms with E-state index in [1.807, 2.05) is 13.2 Å². The van der Waals surface area contributed by atoms with E-state index in [1.54, 1.807) is 29.1 Å². The fraction of sp³-hybridized carbons (Fsp3) is 0.421. The summed E-state index contributed by atoms with van der Waals surface area (Å²) in [5, 5.41) is 13.7. The Labute approximate surface area is 162 Å². The van der Waals surface area contributed by atoms with E-state index in [2.05, 4.69) is 21.0 Å². The largest absolute Gasteiger partial charge is 0.349 e. The summed E-state index contributed by atoms with van der Waals surface area (Å²) < 4.78 is 1.74. The average molecular weight is 388 g/mol. The summed E-state index contributed by atoms with van der Waals surface area (Å²) in [5.74, 6) is -0.406. The molecule has 4 rings (SSSR count). The van der Waals surface area contributed by atoms with Crippen molar-refractivity contribution in [3.8, 4) is 0 Å². The molecule has 1 aromatic heterocycles. The molecule has 1 aliphatic heterocycles. The molecule has 142 valence electrons. The number of aryl methyl sites for hydroxylation is 1. The van der Waals surface area contributed by atoms with Gasteiger partial charge in [0.05, 0.1) is 22.7 Å². The Morgan fingerprint density at radius 2 is 2.11 bits per heavy atom. The van der Waals surface area contributed by atoms with Crippen LogP contribution in [0.15, 0.2) is 30.6 Å². The fourth-order valence-electron chi connectivity index (χ4n) is 3.44. The van der Waals surface area contributed by atoms with Crippen molar-refractivity contribution >= 4 is 29.1 Å². The van der Waals surface area contributed by atoms with Crippen LogP contribution in [0.4, 0.5) is 5.69 Å². The second kappa shape index (κ2) is 7.32. The molecule has 3 N–H and O–H groups in total. The Kier molecular flexibility index (Phi) is 4.88. The third-order valence-electron chi connectivity index (χ3n) is 5.10. The van der Waals surface area contributed by atoms with Crippen molar-refractivity contribution in [2.45, 2.75) is 24.8 Å². The molecular formula is C19H22ClN5O2. The number of anilines is 1. The number of hydrogen-bond donors (Lipinski definition) is 3. The predicted molar refractivity (Wildman–Crippen MR) is 103 cm³/mol. The van der Waals surface area contributed by atoms with Crippen LogP contribution < -0.4 is 16.0 Å². The lowest BCUT2D eigenvalue weighted by Gasteiger charge is -2.17. The van der Waals surface area contributed by atoms with E-state index in [1.165, 1.54) is 0 Å². The second-order valence-corrected chi connectivity index (χ2v) is 7.66. The van der Waals surface area contributed by atoms with Crippen molar-refractivity contribution in [2.75, 3.05) is 18.4 Å². The van der Waals surface area contributed by atoms with Crippen LogP contribution in [-0.2, 0) is 11.8 Å². The van der Waals surface area contributed by atoms with E-state index in [-0.39, 0.29) is 29.7 Å². The third kappa shape index (κ3) is 3.99. The highest BCUT2D eigenvalue weighted by molar-refractivity contribution is 6.34. The number of halogens is 1. The summed E-state index contributed by atoms with van der Waals surface area (Å²) in [6.07, 6.45) is 5.76. The van der Waals surface area contributed by atoms with Crippen LogP contribution in [0.3, 0.4) is 0 Å². The summed E-state index contributed by atoms with van der Waals surface area (Å²) in [4.78, 5) is 25.2. The Bertz CT molecular complexity index is 877. The molecule has 8 heteroatoms. The Morgan fingerprint density at radius 1 is 1.30 bits per heavy atom. The first-order valence-corrected chi connectivity index (χ1v) is 9.49. The lowest BCUT2D eigenvalue weighted by atomic mass is 9.90. The van der Waals surface area contributed by atoms with Crippen LogP contribution in [0, 0.1) is 5.92 Å². The van der Waals surface area contributed by atoms with Gasteiger partial charge in [-0.25, -0.2) is 0 Å². The smallest absolute Gasteiger partial charge is 0.253 e. The van der Waals surface area contributed by atoms with E-state index in [0.29, 0.717) is 22.8 Å². The van der Waals surface area contributed by atoms with Crippen LogP contribution in [0.2, 0.25) is 5.02 Å². The molecule has 0 spiro atoms. The molecule has 2 fully saturated rings. The lowest BCUT2D eigenvalue weighted by molar-refractivity contribution is -0.119. The van der Waals surface area contributed by atoms with E-state index < -0.39 is 0 Å². The molecule has 2 atom stereocenters. The average Bonchev–Trinajstić information content (AvgIpc) is 3.14. The number of aromatic nitrogens is 2. The minimum Gasteiger partial charge on any atom is -0.349 e. The summed E-state index contributed by atoms with van der Waals surface area (Å²) in [5.41, 5.74) is 2.00. The molecule has 2 aliphatic rings. The number of amides is 2. The molecule has 1 saturated heterocycles. The van der Waals surface area contributed by atoms with E-state index >= 15 is 0 Å². The van der Waals surface area contributed by atoms with Gasteiger partial charge in [0.2, 0.25) is 5.91 Å². The van der Waals surface area contributed by atoms with Gasteiger partial charge in [-0.1, -0.05) is 11.6 Å². The molecule has 2 aromatic rings. The van der Waals surface area contributed by atoms with Gasteiger partial charge in [0.25, 0.3) is 5.91 Å². The van der Waals surface area contributed by atoms with Gasteiger partial charge in [0.1, 0.15) is 0 Å². The molecule has 27 heavy (non-hydrogen) atoms. The van der Waals surface area contributed by atoms with Crippen LogP contribution in [0.25, 0.3) is 0 Å². The van der Waals surface area contributed by atoms with Gasteiger partial charge in [-0.3, -0.25) is 14.3 Å². The van der Waals surface area contributed by atoms with Crippen LogP contribution >= 0.6 is 11.6 Å². The van der Waals surface area contributed by atoms with Crippen molar-refractivity contribution in [1.29, 1.82) is 0 Å². The monoisotopic (exact) mass is 387 g/mol. The highest BCUT2D eigenvalue weighted by Gasteiger charge is 2.35. The maximum Gasteiger partial charge on any atom is 0.253 e. The van der Waals surface area contributed by atoms with Crippen LogP contribution in [0.5, 0.6) is 0 Å². The topological polar surface area (TPSA) is 88.0 Å². The number of hydrogen-bond acceptors (Lipinski definition) is 4. The Balaban J connectivity index is 1.48.